The van der Waals surface area contributed by atoms with Crippen LogP contribution in [-0.2, 0) is 22.6 Å². The number of amides is 2. The van der Waals surface area contributed by atoms with E-state index in [1.165, 1.54) is 0 Å². The zero-order valence-electron chi connectivity index (χ0n) is 17.7. The number of carbonyl (C=O) groups excluding carboxylic acids is 2. The van der Waals surface area contributed by atoms with Crippen molar-refractivity contribution < 1.29 is 9.59 Å². The van der Waals surface area contributed by atoms with Crippen molar-refractivity contribution in [2.45, 2.75) is 46.7 Å². The first-order valence-corrected chi connectivity index (χ1v) is 10.5. The molecule has 0 aliphatic heterocycles. The molecule has 2 amide bonds. The number of benzene rings is 2. The van der Waals surface area contributed by atoms with E-state index in [0.717, 1.165) is 11.1 Å². The van der Waals surface area contributed by atoms with Gasteiger partial charge in [0.25, 0.3) is 0 Å². The molecule has 1 N–H and O–H groups in total. The minimum atomic E-state index is -0.582. The van der Waals surface area contributed by atoms with Crippen LogP contribution in [0.3, 0.4) is 0 Å². The van der Waals surface area contributed by atoms with Crippen LogP contribution in [0.1, 0.15) is 38.8 Å². The molecule has 0 bridgehead atoms. The first-order chi connectivity index (χ1) is 13.8. The first-order valence-electron chi connectivity index (χ1n) is 10.1. The lowest BCUT2D eigenvalue weighted by atomic mass is 10.0. The number of hydrogen-bond acceptors (Lipinski definition) is 2. The maximum Gasteiger partial charge on any atom is 0.243 e. The molecule has 2 aromatic carbocycles. The number of nitrogens with one attached hydrogen (secondary N) is 1. The van der Waals surface area contributed by atoms with Gasteiger partial charge >= 0.3 is 0 Å². The second-order valence-electron chi connectivity index (χ2n) is 8.09. The van der Waals surface area contributed by atoms with Crippen molar-refractivity contribution >= 4 is 23.4 Å². The summed E-state index contributed by atoms with van der Waals surface area (Å²) in [5.74, 6) is -0.0357. The molecule has 0 aliphatic rings. The zero-order valence-corrected chi connectivity index (χ0v) is 18.4. The molecule has 5 heteroatoms. The Morgan fingerprint density at radius 2 is 1.55 bits per heavy atom. The van der Waals surface area contributed by atoms with E-state index in [1.807, 2.05) is 56.3 Å². The molecule has 1 unspecified atom stereocenters. The van der Waals surface area contributed by atoms with E-state index in [9.17, 15) is 9.59 Å². The molecule has 0 saturated heterocycles. The molecule has 2 rings (SSSR count). The lowest BCUT2D eigenvalue weighted by molar-refractivity contribution is -0.143. The Balaban J connectivity index is 2.36. The fraction of sp³-hybridized carbons (Fsp3) is 0.417. The smallest absolute Gasteiger partial charge is 0.243 e. The molecule has 4 nitrogen and oxygen atoms in total. The highest BCUT2D eigenvalue weighted by atomic mass is 35.5. The Morgan fingerprint density at radius 1 is 0.931 bits per heavy atom. The van der Waals surface area contributed by atoms with Crippen molar-refractivity contribution in [2.24, 2.45) is 11.8 Å². The normalized spacial score (nSPS) is 12.1. The highest BCUT2D eigenvalue weighted by molar-refractivity contribution is 6.30. The molecular weight excluding hydrogens is 384 g/mol. The van der Waals surface area contributed by atoms with Gasteiger partial charge in [0.15, 0.2) is 0 Å². The molecule has 2 aromatic rings. The summed E-state index contributed by atoms with van der Waals surface area (Å²) in [6.07, 6.45) is 0.469. The Hall–Kier alpha value is -2.33. The summed E-state index contributed by atoms with van der Waals surface area (Å²) >= 11 is 6.01. The monoisotopic (exact) mass is 414 g/mol. The van der Waals surface area contributed by atoms with Crippen LogP contribution in [0.5, 0.6) is 0 Å². The second-order valence-corrected chi connectivity index (χ2v) is 8.53. The molecule has 0 fully saturated rings. The SMILES string of the molecule is CC(C)CNC(=O)C(Cc1ccccc1)N(Cc1ccc(Cl)cc1)C(=O)C(C)C. The second kappa shape index (κ2) is 11.0. The summed E-state index contributed by atoms with van der Waals surface area (Å²) in [5.41, 5.74) is 1.97. The van der Waals surface area contributed by atoms with Crippen LogP contribution < -0.4 is 5.32 Å². The maximum atomic E-state index is 13.1. The van der Waals surface area contributed by atoms with Crippen LogP contribution in [0.15, 0.2) is 54.6 Å². The van der Waals surface area contributed by atoms with Crippen LogP contribution in [0.2, 0.25) is 5.02 Å². The highest BCUT2D eigenvalue weighted by Crippen LogP contribution is 2.18. The summed E-state index contributed by atoms with van der Waals surface area (Å²) in [5, 5.41) is 3.66. The third-order valence-electron chi connectivity index (χ3n) is 4.68. The van der Waals surface area contributed by atoms with E-state index in [4.69, 9.17) is 11.6 Å². The minimum absolute atomic E-state index is 0.0411. The predicted molar refractivity (Wildman–Crippen MR) is 119 cm³/mol. The van der Waals surface area contributed by atoms with E-state index in [-0.39, 0.29) is 17.7 Å². The van der Waals surface area contributed by atoms with Gasteiger partial charge in [-0.25, -0.2) is 0 Å². The molecule has 0 heterocycles. The van der Waals surface area contributed by atoms with Crippen molar-refractivity contribution in [3.63, 3.8) is 0 Å². The van der Waals surface area contributed by atoms with Crippen LogP contribution in [-0.4, -0.2) is 29.3 Å². The summed E-state index contributed by atoms with van der Waals surface area (Å²) in [6.45, 7) is 8.77. The van der Waals surface area contributed by atoms with Crippen molar-refractivity contribution in [1.29, 1.82) is 0 Å². The van der Waals surface area contributed by atoms with Crippen LogP contribution >= 0.6 is 11.6 Å². The number of rotatable bonds is 9. The van der Waals surface area contributed by atoms with Gasteiger partial charge in [0.1, 0.15) is 6.04 Å². The van der Waals surface area contributed by atoms with Crippen LogP contribution in [0.4, 0.5) is 0 Å². The Kier molecular flexibility index (Phi) is 8.71. The van der Waals surface area contributed by atoms with E-state index < -0.39 is 6.04 Å². The third kappa shape index (κ3) is 7.21. The Morgan fingerprint density at radius 3 is 2.10 bits per heavy atom. The van der Waals surface area contributed by atoms with E-state index in [0.29, 0.717) is 30.5 Å². The van der Waals surface area contributed by atoms with Gasteiger partial charge in [-0.05, 0) is 29.2 Å². The molecule has 0 saturated carbocycles. The van der Waals surface area contributed by atoms with E-state index in [2.05, 4.69) is 19.2 Å². The highest BCUT2D eigenvalue weighted by Gasteiger charge is 2.31. The van der Waals surface area contributed by atoms with Gasteiger partial charge in [-0.3, -0.25) is 9.59 Å². The third-order valence-corrected chi connectivity index (χ3v) is 4.93. The number of carbonyl (C=O) groups is 2. The largest absolute Gasteiger partial charge is 0.354 e. The van der Waals surface area contributed by atoms with E-state index in [1.54, 1.807) is 17.0 Å². The Bertz CT molecular complexity index is 788. The lowest BCUT2D eigenvalue weighted by Crippen LogP contribution is -2.52. The topological polar surface area (TPSA) is 49.4 Å². The summed E-state index contributed by atoms with van der Waals surface area (Å²) < 4.78 is 0. The van der Waals surface area contributed by atoms with Gasteiger partial charge in [0.2, 0.25) is 11.8 Å². The van der Waals surface area contributed by atoms with Gasteiger partial charge < -0.3 is 10.2 Å². The van der Waals surface area contributed by atoms with Gasteiger partial charge in [0.05, 0.1) is 0 Å². The fourth-order valence-corrected chi connectivity index (χ4v) is 3.19. The lowest BCUT2D eigenvalue weighted by Gasteiger charge is -2.33. The summed E-state index contributed by atoms with van der Waals surface area (Å²) in [6, 6.07) is 16.7. The Labute approximate surface area is 179 Å². The molecule has 1 atom stereocenters. The van der Waals surface area contributed by atoms with Crippen molar-refractivity contribution in [2.75, 3.05) is 6.54 Å². The molecular formula is C24H31ClN2O2. The maximum absolute atomic E-state index is 13.1. The average Bonchev–Trinajstić information content (AvgIpc) is 2.70. The standard InChI is InChI=1S/C24H31ClN2O2/c1-17(2)15-26-23(28)22(14-19-8-6-5-7-9-19)27(24(29)18(3)4)16-20-10-12-21(25)13-11-20/h5-13,17-18,22H,14-16H2,1-4H3,(H,26,28). The summed E-state index contributed by atoms with van der Waals surface area (Å²) in [4.78, 5) is 28.0. The van der Waals surface area contributed by atoms with Crippen molar-refractivity contribution in [3.05, 3.63) is 70.7 Å². The van der Waals surface area contributed by atoms with Crippen LogP contribution in [0.25, 0.3) is 0 Å². The molecule has 0 radical (unpaired) electrons. The van der Waals surface area contributed by atoms with Gasteiger partial charge in [-0.15, -0.1) is 0 Å². The molecule has 29 heavy (non-hydrogen) atoms. The summed E-state index contributed by atoms with van der Waals surface area (Å²) in [7, 11) is 0. The van der Waals surface area contributed by atoms with Gasteiger partial charge in [-0.2, -0.15) is 0 Å². The number of nitrogens with zero attached hydrogens (tertiary/aromatic N) is 1. The predicted octanol–water partition coefficient (Wildman–Crippen LogP) is 4.71. The van der Waals surface area contributed by atoms with Crippen molar-refractivity contribution in [3.8, 4) is 0 Å². The molecule has 156 valence electrons. The number of hydrogen-bond donors (Lipinski definition) is 1. The number of halogens is 1. The molecule has 0 aliphatic carbocycles. The minimum Gasteiger partial charge on any atom is -0.354 e. The van der Waals surface area contributed by atoms with E-state index >= 15 is 0 Å². The fourth-order valence-electron chi connectivity index (χ4n) is 3.06. The van der Waals surface area contributed by atoms with Crippen molar-refractivity contribution in [1.82, 2.24) is 10.2 Å². The van der Waals surface area contributed by atoms with Gasteiger partial charge in [0, 0.05) is 30.5 Å². The average molecular weight is 415 g/mol. The molecule has 0 spiro atoms. The van der Waals surface area contributed by atoms with Crippen LogP contribution in [0, 0.1) is 11.8 Å². The molecule has 0 aromatic heterocycles. The zero-order chi connectivity index (χ0) is 21.4. The quantitative estimate of drug-likeness (QED) is 0.646. The first kappa shape index (κ1) is 23.0. The van der Waals surface area contributed by atoms with Gasteiger partial charge in [-0.1, -0.05) is 81.8 Å².